The van der Waals surface area contributed by atoms with Gasteiger partial charge in [-0.2, -0.15) is 13.2 Å². The first kappa shape index (κ1) is 17.8. The molecule has 2 atom stereocenters. The zero-order valence-corrected chi connectivity index (χ0v) is 11.6. The van der Waals surface area contributed by atoms with E-state index >= 15 is 0 Å². The summed E-state index contributed by atoms with van der Waals surface area (Å²) >= 11 is 0. The van der Waals surface area contributed by atoms with Crippen LogP contribution < -0.4 is 5.73 Å². The van der Waals surface area contributed by atoms with E-state index in [2.05, 4.69) is 9.73 Å². The molecule has 0 spiro atoms. The number of hydrogen-bond acceptors (Lipinski definition) is 5. The minimum atomic E-state index is -4.99. The van der Waals surface area contributed by atoms with Crippen LogP contribution in [-0.2, 0) is 10.3 Å². The Bertz CT molecular complexity index is 708. The Balaban J connectivity index is 2.66. The molecule has 132 valence electrons. The van der Waals surface area contributed by atoms with Crippen LogP contribution in [0.1, 0.15) is 12.0 Å². The van der Waals surface area contributed by atoms with Crippen molar-refractivity contribution < 1.29 is 36.0 Å². The summed E-state index contributed by atoms with van der Waals surface area (Å²) in [6.45, 7) is -1.71. The maximum Gasteiger partial charge on any atom is 0.425 e. The second-order valence-electron chi connectivity index (χ2n) is 5.01. The van der Waals surface area contributed by atoms with Crippen LogP contribution in [-0.4, -0.2) is 29.9 Å². The summed E-state index contributed by atoms with van der Waals surface area (Å²) in [4.78, 5) is 13.0. The second-order valence-corrected chi connectivity index (χ2v) is 5.01. The van der Waals surface area contributed by atoms with Gasteiger partial charge in [0.1, 0.15) is 12.2 Å². The van der Waals surface area contributed by atoms with Gasteiger partial charge in [0.2, 0.25) is 0 Å². The maximum absolute atomic E-state index is 14.0. The average Bonchev–Trinajstić information content (AvgIpc) is 2.47. The highest BCUT2D eigenvalue weighted by Gasteiger charge is 2.52. The van der Waals surface area contributed by atoms with Gasteiger partial charge in [-0.1, -0.05) is 0 Å². The molecule has 0 saturated carbocycles. The molecular weight excluding hydrogens is 348 g/mol. The number of alkyl halides is 4. The monoisotopic (exact) mass is 357 g/mol. The number of ether oxygens (including phenoxy) is 1. The molecule has 2 N–H and O–H groups in total. The van der Waals surface area contributed by atoms with E-state index in [1.165, 1.54) is 0 Å². The topological polar surface area (TPSA) is 90.8 Å². The van der Waals surface area contributed by atoms with Crippen molar-refractivity contribution in [2.24, 2.45) is 10.7 Å². The van der Waals surface area contributed by atoms with E-state index in [0.717, 1.165) is 0 Å². The predicted molar refractivity (Wildman–Crippen MR) is 67.8 cm³/mol. The summed E-state index contributed by atoms with van der Waals surface area (Å²) in [5.41, 5.74) is 0.494. The molecule has 1 heterocycles. The molecule has 1 aromatic carbocycles. The number of rotatable bonds is 3. The highest BCUT2D eigenvalue weighted by molar-refractivity contribution is 5.73. The van der Waals surface area contributed by atoms with Crippen molar-refractivity contribution in [2.45, 2.75) is 24.2 Å². The molecule has 0 unspecified atom stereocenters. The third kappa shape index (κ3) is 3.08. The van der Waals surface area contributed by atoms with Crippen LogP contribution >= 0.6 is 0 Å². The van der Waals surface area contributed by atoms with E-state index < -0.39 is 64.7 Å². The minimum Gasteiger partial charge on any atom is -0.452 e. The summed E-state index contributed by atoms with van der Waals surface area (Å²) in [7, 11) is 0. The second kappa shape index (κ2) is 5.83. The van der Waals surface area contributed by atoms with Gasteiger partial charge in [0.15, 0.2) is 17.7 Å². The molecule has 0 radical (unpaired) electrons. The van der Waals surface area contributed by atoms with Gasteiger partial charge in [0.25, 0.3) is 11.7 Å². The zero-order valence-electron chi connectivity index (χ0n) is 11.6. The first-order valence-corrected chi connectivity index (χ1v) is 6.29. The largest absolute Gasteiger partial charge is 0.452 e. The van der Waals surface area contributed by atoms with E-state index in [0.29, 0.717) is 6.07 Å². The molecule has 0 aromatic heterocycles. The van der Waals surface area contributed by atoms with Crippen molar-refractivity contribution in [1.82, 2.24) is 0 Å². The first-order valence-electron chi connectivity index (χ1n) is 6.29. The van der Waals surface area contributed by atoms with Gasteiger partial charge in [-0.05, 0) is 0 Å². The molecule has 0 amide bonds. The van der Waals surface area contributed by atoms with Crippen molar-refractivity contribution in [2.75, 3.05) is 6.67 Å². The number of non-ortho nitro benzene ring substituents is 1. The number of nitrogens with two attached hydrogens (primary N) is 1. The van der Waals surface area contributed by atoms with Gasteiger partial charge in [-0.3, -0.25) is 10.1 Å². The van der Waals surface area contributed by atoms with Crippen molar-refractivity contribution >= 4 is 11.7 Å². The third-order valence-electron chi connectivity index (χ3n) is 3.42. The van der Waals surface area contributed by atoms with Crippen LogP contribution in [0.25, 0.3) is 0 Å². The fourth-order valence-corrected chi connectivity index (χ4v) is 2.30. The molecule has 1 aliphatic heterocycles. The fourth-order valence-electron chi connectivity index (χ4n) is 2.30. The highest BCUT2D eigenvalue weighted by atomic mass is 19.4. The Morgan fingerprint density at radius 3 is 2.54 bits per heavy atom. The lowest BCUT2D eigenvalue weighted by molar-refractivity contribution is -0.385. The van der Waals surface area contributed by atoms with Crippen molar-refractivity contribution in [3.63, 3.8) is 0 Å². The molecular formula is C12H9F6N3O3. The number of amidine groups is 1. The number of nitro groups is 1. The highest BCUT2D eigenvalue weighted by Crippen LogP contribution is 2.42. The van der Waals surface area contributed by atoms with E-state index in [-0.39, 0.29) is 6.07 Å². The molecule has 0 fully saturated rings. The average molecular weight is 357 g/mol. The Kier molecular flexibility index (Phi) is 4.33. The standard InChI is InChI=1S/C12H9F6N3O3/c13-4-11(3-8(12(16,17)18)24-10(19)20-11)6-1-5(21(22)23)2-7(14)9(6)15/h1-2,8H,3-4H2,(H2,19,20)/t8-,11+/m0/s1. The van der Waals surface area contributed by atoms with Crippen LogP contribution in [0.15, 0.2) is 17.1 Å². The molecule has 6 nitrogen and oxygen atoms in total. The van der Waals surface area contributed by atoms with Gasteiger partial charge < -0.3 is 10.5 Å². The molecule has 2 rings (SSSR count). The van der Waals surface area contributed by atoms with E-state index in [1.807, 2.05) is 0 Å². The minimum absolute atomic E-state index is 0.221. The SMILES string of the molecule is NC1=N[C@](CF)(c2cc([N+](=O)[O-])cc(F)c2F)C[C@@H](C(F)(F)F)O1. The smallest absolute Gasteiger partial charge is 0.425 e. The van der Waals surface area contributed by atoms with Crippen molar-refractivity contribution in [3.8, 4) is 0 Å². The first-order chi connectivity index (χ1) is 11.0. The Hall–Kier alpha value is -2.53. The number of benzene rings is 1. The molecule has 0 aliphatic carbocycles. The van der Waals surface area contributed by atoms with Gasteiger partial charge in [-0.25, -0.2) is 18.2 Å². The quantitative estimate of drug-likeness (QED) is 0.512. The molecule has 0 bridgehead atoms. The third-order valence-corrected chi connectivity index (χ3v) is 3.42. The number of hydrogen-bond donors (Lipinski definition) is 1. The molecule has 0 saturated heterocycles. The molecule has 12 heteroatoms. The van der Waals surface area contributed by atoms with Crippen LogP contribution in [0, 0.1) is 21.7 Å². The Morgan fingerprint density at radius 2 is 2.04 bits per heavy atom. The van der Waals surface area contributed by atoms with E-state index in [4.69, 9.17) is 5.73 Å². The zero-order chi connectivity index (χ0) is 18.3. The van der Waals surface area contributed by atoms with E-state index in [9.17, 15) is 36.5 Å². The van der Waals surface area contributed by atoms with Gasteiger partial charge in [0, 0.05) is 18.1 Å². The normalized spacial score (nSPS) is 24.2. The predicted octanol–water partition coefficient (Wildman–Crippen LogP) is 2.70. The molecule has 24 heavy (non-hydrogen) atoms. The number of nitrogens with zero attached hydrogens (tertiary/aromatic N) is 2. The Labute approximate surface area is 130 Å². The number of aliphatic imine (C=N–C) groups is 1. The van der Waals surface area contributed by atoms with Crippen LogP contribution in [0.2, 0.25) is 0 Å². The van der Waals surface area contributed by atoms with Crippen LogP contribution in [0.3, 0.4) is 0 Å². The van der Waals surface area contributed by atoms with Gasteiger partial charge >= 0.3 is 6.18 Å². The molecule has 1 aromatic rings. The lowest BCUT2D eigenvalue weighted by Gasteiger charge is -2.36. The number of nitro benzene ring substituents is 1. The number of halogens is 6. The summed E-state index contributed by atoms with van der Waals surface area (Å²) in [6.07, 6.45) is -8.88. The van der Waals surface area contributed by atoms with Gasteiger partial charge in [-0.15, -0.1) is 0 Å². The van der Waals surface area contributed by atoms with Crippen LogP contribution in [0.5, 0.6) is 0 Å². The fraction of sp³-hybridized carbons (Fsp3) is 0.417. The Morgan fingerprint density at radius 1 is 1.42 bits per heavy atom. The summed E-state index contributed by atoms with van der Waals surface area (Å²) in [5.74, 6) is -3.48. The summed E-state index contributed by atoms with van der Waals surface area (Å²) in [6, 6.07) is -0.445. The lowest BCUT2D eigenvalue weighted by Crippen LogP contribution is -2.48. The van der Waals surface area contributed by atoms with Crippen molar-refractivity contribution in [1.29, 1.82) is 0 Å². The van der Waals surface area contributed by atoms with E-state index in [1.54, 1.807) is 0 Å². The summed E-state index contributed by atoms with van der Waals surface area (Å²) < 4.78 is 84.0. The molecule has 1 aliphatic rings. The van der Waals surface area contributed by atoms with Crippen LogP contribution in [0.4, 0.5) is 32.0 Å². The van der Waals surface area contributed by atoms with Gasteiger partial charge in [0.05, 0.1) is 11.0 Å². The summed E-state index contributed by atoms with van der Waals surface area (Å²) in [5, 5.41) is 10.7. The lowest BCUT2D eigenvalue weighted by atomic mass is 9.84. The maximum atomic E-state index is 14.0. The van der Waals surface area contributed by atoms with Crippen molar-refractivity contribution in [3.05, 3.63) is 39.4 Å².